The average molecular weight is 249 g/mol. The van der Waals surface area contributed by atoms with Crippen molar-refractivity contribution in [1.82, 2.24) is 5.32 Å². The van der Waals surface area contributed by atoms with Crippen LogP contribution in [0.4, 0.5) is 0 Å². The zero-order chi connectivity index (χ0) is 13.2. The van der Waals surface area contributed by atoms with Crippen LogP contribution in [-0.4, -0.2) is 18.8 Å². The summed E-state index contributed by atoms with van der Waals surface area (Å²) in [5, 5.41) is 3.54. The largest absolute Gasteiger partial charge is 0.493 e. The van der Waals surface area contributed by atoms with Gasteiger partial charge in [0.25, 0.3) is 0 Å². The number of rotatable bonds is 4. The van der Waals surface area contributed by atoms with Crippen LogP contribution in [0.3, 0.4) is 0 Å². The summed E-state index contributed by atoms with van der Waals surface area (Å²) in [5.74, 6) is 1.89. The number of fused-ring (bicyclic) bond motifs is 1. The smallest absolute Gasteiger partial charge is 0.128 e. The lowest BCUT2D eigenvalue weighted by molar-refractivity contribution is 0.0649. The summed E-state index contributed by atoms with van der Waals surface area (Å²) in [6, 6.07) is 6.35. The van der Waals surface area contributed by atoms with E-state index in [4.69, 9.17) is 9.47 Å². The molecule has 1 aliphatic rings. The molecule has 1 N–H and O–H groups in total. The number of nitrogens with one attached hydrogen (secondary N) is 1. The van der Waals surface area contributed by atoms with Gasteiger partial charge in [-0.3, -0.25) is 0 Å². The molecule has 0 saturated heterocycles. The molecule has 1 unspecified atom stereocenters. The van der Waals surface area contributed by atoms with Crippen LogP contribution in [0.1, 0.15) is 45.7 Å². The van der Waals surface area contributed by atoms with Gasteiger partial charge >= 0.3 is 0 Å². The number of ether oxygens (including phenoxy) is 2. The maximum Gasteiger partial charge on any atom is 0.128 e. The van der Waals surface area contributed by atoms with Crippen molar-refractivity contribution in [3.8, 4) is 11.5 Å². The van der Waals surface area contributed by atoms with Crippen molar-refractivity contribution in [2.75, 3.05) is 13.2 Å². The third kappa shape index (κ3) is 2.61. The summed E-state index contributed by atoms with van der Waals surface area (Å²) in [4.78, 5) is 0. The van der Waals surface area contributed by atoms with E-state index in [-0.39, 0.29) is 5.60 Å². The minimum Gasteiger partial charge on any atom is -0.493 e. The van der Waals surface area contributed by atoms with Crippen LogP contribution in [0.2, 0.25) is 0 Å². The molecule has 3 heteroatoms. The fraction of sp³-hybridized carbons (Fsp3) is 0.600. The Labute approximate surface area is 109 Å². The van der Waals surface area contributed by atoms with Gasteiger partial charge in [-0.2, -0.15) is 0 Å². The predicted octanol–water partition coefficient (Wildman–Crippen LogP) is 3.30. The van der Waals surface area contributed by atoms with Gasteiger partial charge in [0.15, 0.2) is 0 Å². The van der Waals surface area contributed by atoms with E-state index in [0.29, 0.717) is 12.6 Å². The highest BCUT2D eigenvalue weighted by atomic mass is 16.5. The third-order valence-corrected chi connectivity index (χ3v) is 3.21. The minimum absolute atomic E-state index is 0.134. The van der Waals surface area contributed by atoms with Crippen molar-refractivity contribution in [3.63, 3.8) is 0 Å². The molecule has 18 heavy (non-hydrogen) atoms. The Hall–Kier alpha value is -1.22. The molecule has 0 aromatic heterocycles. The van der Waals surface area contributed by atoms with E-state index in [0.717, 1.165) is 24.5 Å². The van der Waals surface area contributed by atoms with E-state index >= 15 is 0 Å². The molecule has 0 spiro atoms. The van der Waals surface area contributed by atoms with E-state index in [2.05, 4.69) is 26.1 Å². The Bertz CT molecular complexity index is 415. The first-order valence-corrected chi connectivity index (χ1v) is 6.75. The monoisotopic (exact) mass is 249 g/mol. The van der Waals surface area contributed by atoms with Gasteiger partial charge in [0.1, 0.15) is 17.1 Å². The summed E-state index contributed by atoms with van der Waals surface area (Å²) in [5.41, 5.74) is 1.03. The topological polar surface area (TPSA) is 30.5 Å². The van der Waals surface area contributed by atoms with Crippen molar-refractivity contribution in [2.24, 2.45) is 0 Å². The summed E-state index contributed by atoms with van der Waals surface area (Å²) in [6.45, 7) is 10.0. The number of benzene rings is 1. The Kier molecular flexibility index (Phi) is 3.81. The molecule has 0 fully saturated rings. The molecule has 0 radical (unpaired) electrons. The fourth-order valence-electron chi connectivity index (χ4n) is 2.59. The second kappa shape index (κ2) is 5.19. The van der Waals surface area contributed by atoms with E-state index < -0.39 is 0 Å². The van der Waals surface area contributed by atoms with E-state index in [1.165, 1.54) is 5.56 Å². The lowest BCUT2D eigenvalue weighted by atomic mass is 9.89. The number of hydrogen-bond acceptors (Lipinski definition) is 3. The lowest BCUT2D eigenvalue weighted by Crippen LogP contribution is -2.39. The van der Waals surface area contributed by atoms with Gasteiger partial charge in [-0.15, -0.1) is 0 Å². The van der Waals surface area contributed by atoms with Gasteiger partial charge in [-0.05, 0) is 39.4 Å². The van der Waals surface area contributed by atoms with E-state index in [9.17, 15) is 0 Å². The number of hydrogen-bond donors (Lipinski definition) is 1. The van der Waals surface area contributed by atoms with Gasteiger partial charge in [0, 0.05) is 12.5 Å². The molecule has 1 aliphatic heterocycles. The lowest BCUT2D eigenvalue weighted by Gasteiger charge is -2.38. The molecule has 0 aliphatic carbocycles. The summed E-state index contributed by atoms with van der Waals surface area (Å²) < 4.78 is 11.8. The van der Waals surface area contributed by atoms with Crippen molar-refractivity contribution in [1.29, 1.82) is 0 Å². The van der Waals surface area contributed by atoms with Gasteiger partial charge in [0.2, 0.25) is 0 Å². The SMILES string of the molecule is CCNC1CC(C)(C)Oc2cccc(OCC)c21. The van der Waals surface area contributed by atoms with Crippen LogP contribution in [-0.2, 0) is 0 Å². The van der Waals surface area contributed by atoms with Gasteiger partial charge in [-0.1, -0.05) is 13.0 Å². The first kappa shape index (κ1) is 13.2. The molecular formula is C15H23NO2. The molecule has 2 rings (SSSR count). The summed E-state index contributed by atoms with van der Waals surface area (Å²) in [6.07, 6.45) is 0.956. The van der Waals surface area contributed by atoms with E-state index in [1.807, 2.05) is 25.1 Å². The van der Waals surface area contributed by atoms with Crippen molar-refractivity contribution >= 4 is 0 Å². The highest BCUT2D eigenvalue weighted by Crippen LogP contribution is 2.44. The van der Waals surface area contributed by atoms with Crippen LogP contribution in [0, 0.1) is 0 Å². The van der Waals surface area contributed by atoms with Crippen LogP contribution >= 0.6 is 0 Å². The summed E-state index contributed by atoms with van der Waals surface area (Å²) in [7, 11) is 0. The Balaban J connectivity index is 2.42. The molecule has 0 saturated carbocycles. The fourth-order valence-corrected chi connectivity index (χ4v) is 2.59. The van der Waals surface area contributed by atoms with Crippen molar-refractivity contribution < 1.29 is 9.47 Å². The van der Waals surface area contributed by atoms with Crippen LogP contribution in [0.15, 0.2) is 18.2 Å². The second-order valence-corrected chi connectivity index (χ2v) is 5.28. The second-order valence-electron chi connectivity index (χ2n) is 5.28. The van der Waals surface area contributed by atoms with Gasteiger partial charge in [0.05, 0.1) is 12.2 Å². The maximum atomic E-state index is 6.06. The van der Waals surface area contributed by atoms with Crippen LogP contribution in [0.5, 0.6) is 11.5 Å². The zero-order valence-corrected chi connectivity index (χ0v) is 11.7. The first-order valence-electron chi connectivity index (χ1n) is 6.75. The maximum absolute atomic E-state index is 6.06. The molecular weight excluding hydrogens is 226 g/mol. The quantitative estimate of drug-likeness (QED) is 0.888. The van der Waals surface area contributed by atoms with Gasteiger partial charge in [-0.25, -0.2) is 0 Å². The molecule has 100 valence electrons. The molecule has 1 aromatic rings. The molecule has 1 aromatic carbocycles. The molecule has 1 atom stereocenters. The third-order valence-electron chi connectivity index (χ3n) is 3.21. The first-order chi connectivity index (χ1) is 8.57. The standard InChI is InChI=1S/C15H23NO2/c1-5-16-11-10-15(3,4)18-13-9-7-8-12(14(11)13)17-6-2/h7-9,11,16H,5-6,10H2,1-4H3. The van der Waals surface area contributed by atoms with E-state index in [1.54, 1.807) is 0 Å². The summed E-state index contributed by atoms with van der Waals surface area (Å²) >= 11 is 0. The molecule has 0 bridgehead atoms. The molecule has 1 heterocycles. The average Bonchev–Trinajstić information content (AvgIpc) is 2.28. The van der Waals surface area contributed by atoms with Crippen molar-refractivity contribution in [2.45, 2.75) is 45.8 Å². The van der Waals surface area contributed by atoms with Crippen LogP contribution in [0.25, 0.3) is 0 Å². The highest BCUT2D eigenvalue weighted by molar-refractivity contribution is 5.48. The Morgan fingerprint density at radius 2 is 2.17 bits per heavy atom. The Morgan fingerprint density at radius 1 is 1.39 bits per heavy atom. The normalized spacial score (nSPS) is 21.0. The zero-order valence-electron chi connectivity index (χ0n) is 11.7. The van der Waals surface area contributed by atoms with Gasteiger partial charge < -0.3 is 14.8 Å². The molecule has 3 nitrogen and oxygen atoms in total. The van der Waals surface area contributed by atoms with Crippen molar-refractivity contribution in [3.05, 3.63) is 23.8 Å². The highest BCUT2D eigenvalue weighted by Gasteiger charge is 2.35. The predicted molar refractivity (Wildman–Crippen MR) is 73.4 cm³/mol. The molecule has 0 amide bonds. The Morgan fingerprint density at radius 3 is 2.83 bits per heavy atom. The minimum atomic E-state index is -0.134. The van der Waals surface area contributed by atoms with Crippen LogP contribution < -0.4 is 14.8 Å².